The summed E-state index contributed by atoms with van der Waals surface area (Å²) in [6.07, 6.45) is 0. The highest BCUT2D eigenvalue weighted by Gasteiger charge is 2.17. The number of benzene rings is 4. The maximum Gasteiger partial charge on any atom is 0.173 e. The van der Waals surface area contributed by atoms with Gasteiger partial charge >= 0.3 is 0 Å². The first-order valence-electron chi connectivity index (χ1n) is 12.0. The average molecular weight is 497 g/mol. The Morgan fingerprint density at radius 1 is 0.757 bits per heavy atom. The molecule has 0 aliphatic carbocycles. The van der Waals surface area contributed by atoms with E-state index in [9.17, 15) is 10.1 Å². The van der Waals surface area contributed by atoms with E-state index in [1.54, 1.807) is 0 Å². The van der Waals surface area contributed by atoms with Gasteiger partial charge in [0.1, 0.15) is 11.1 Å². The highest BCUT2D eigenvalue weighted by molar-refractivity contribution is 8.00. The summed E-state index contributed by atoms with van der Waals surface area (Å²) in [5, 5.41) is 10.7. The van der Waals surface area contributed by atoms with Crippen LogP contribution in [0, 0.1) is 18.3 Å². The van der Waals surface area contributed by atoms with Crippen molar-refractivity contribution < 1.29 is 4.79 Å². The number of rotatable bonds is 7. The molecule has 4 heteroatoms. The first-order valence-corrected chi connectivity index (χ1v) is 13.0. The van der Waals surface area contributed by atoms with E-state index >= 15 is 0 Å². The summed E-state index contributed by atoms with van der Waals surface area (Å²) < 4.78 is 0. The molecule has 0 fully saturated rings. The van der Waals surface area contributed by atoms with Crippen molar-refractivity contribution in [2.75, 3.05) is 5.75 Å². The van der Waals surface area contributed by atoms with E-state index in [0.29, 0.717) is 16.2 Å². The molecule has 5 rings (SSSR count). The second-order valence-electron chi connectivity index (χ2n) is 8.73. The summed E-state index contributed by atoms with van der Waals surface area (Å²) >= 11 is 1.31. The highest BCUT2D eigenvalue weighted by Crippen LogP contribution is 2.34. The Balaban J connectivity index is 1.45. The molecule has 3 nitrogen and oxygen atoms in total. The van der Waals surface area contributed by atoms with Crippen molar-refractivity contribution in [2.45, 2.75) is 11.9 Å². The van der Waals surface area contributed by atoms with Crippen LogP contribution in [0.1, 0.15) is 21.5 Å². The van der Waals surface area contributed by atoms with Crippen molar-refractivity contribution in [3.8, 4) is 39.6 Å². The number of thioether (sulfide) groups is 1. The summed E-state index contributed by atoms with van der Waals surface area (Å²) in [7, 11) is 0. The van der Waals surface area contributed by atoms with Gasteiger partial charge in [-0.15, -0.1) is 0 Å². The minimum absolute atomic E-state index is 0.00250. The lowest BCUT2D eigenvalue weighted by Gasteiger charge is -2.13. The number of nitrogens with zero attached hydrogens (tertiary/aromatic N) is 2. The third kappa shape index (κ3) is 5.53. The molecule has 0 spiro atoms. The van der Waals surface area contributed by atoms with Gasteiger partial charge in [0.25, 0.3) is 0 Å². The fraction of sp³-hybridized carbons (Fsp3) is 0.0606. The summed E-state index contributed by atoms with van der Waals surface area (Å²) in [5.74, 6) is 0.190. The fourth-order valence-corrected chi connectivity index (χ4v) is 5.05. The Bertz CT molecular complexity index is 1570. The molecule has 178 valence electrons. The molecule has 0 radical (unpaired) electrons. The number of hydrogen-bond acceptors (Lipinski definition) is 4. The number of pyridine rings is 1. The van der Waals surface area contributed by atoms with E-state index in [1.807, 2.05) is 122 Å². The van der Waals surface area contributed by atoms with Crippen LogP contribution in [0.4, 0.5) is 0 Å². The van der Waals surface area contributed by atoms with Crippen molar-refractivity contribution in [3.05, 3.63) is 132 Å². The zero-order valence-electron chi connectivity index (χ0n) is 20.4. The second-order valence-corrected chi connectivity index (χ2v) is 9.70. The Morgan fingerprint density at radius 2 is 1.32 bits per heavy atom. The lowest BCUT2D eigenvalue weighted by Crippen LogP contribution is -2.04. The van der Waals surface area contributed by atoms with Gasteiger partial charge in [0, 0.05) is 16.7 Å². The normalized spacial score (nSPS) is 10.6. The van der Waals surface area contributed by atoms with E-state index < -0.39 is 0 Å². The Labute approximate surface area is 221 Å². The van der Waals surface area contributed by atoms with Crippen LogP contribution in [-0.4, -0.2) is 16.5 Å². The molecule has 1 aromatic heterocycles. The van der Waals surface area contributed by atoms with E-state index in [0.717, 1.165) is 39.1 Å². The van der Waals surface area contributed by atoms with Crippen LogP contribution in [-0.2, 0) is 0 Å². The zero-order valence-corrected chi connectivity index (χ0v) is 21.2. The predicted molar refractivity (Wildman–Crippen MR) is 151 cm³/mol. The lowest BCUT2D eigenvalue weighted by atomic mass is 9.98. The quantitative estimate of drug-likeness (QED) is 0.168. The predicted octanol–water partition coefficient (Wildman–Crippen LogP) is 8.24. The molecule has 0 saturated heterocycles. The van der Waals surface area contributed by atoms with Crippen molar-refractivity contribution >= 4 is 17.5 Å². The van der Waals surface area contributed by atoms with Gasteiger partial charge in [0.05, 0.1) is 17.0 Å². The molecule has 37 heavy (non-hydrogen) atoms. The van der Waals surface area contributed by atoms with Gasteiger partial charge in [-0.25, -0.2) is 4.98 Å². The largest absolute Gasteiger partial charge is 0.293 e. The molecule has 0 aliphatic heterocycles. The van der Waals surface area contributed by atoms with Crippen LogP contribution in [0.2, 0.25) is 0 Å². The van der Waals surface area contributed by atoms with Gasteiger partial charge in [0.2, 0.25) is 0 Å². The maximum absolute atomic E-state index is 13.1. The molecule has 0 N–H and O–H groups in total. The van der Waals surface area contributed by atoms with Gasteiger partial charge in [-0.2, -0.15) is 5.26 Å². The number of aryl methyl sites for hydroxylation is 1. The molecule has 0 aliphatic rings. The Kier molecular flexibility index (Phi) is 7.26. The number of carbonyl (C=O) groups is 1. The van der Waals surface area contributed by atoms with Crippen LogP contribution < -0.4 is 0 Å². The van der Waals surface area contributed by atoms with E-state index in [1.165, 1.54) is 11.8 Å². The van der Waals surface area contributed by atoms with Crippen molar-refractivity contribution in [1.29, 1.82) is 5.26 Å². The topological polar surface area (TPSA) is 53.8 Å². The van der Waals surface area contributed by atoms with Gasteiger partial charge in [0.15, 0.2) is 5.78 Å². The maximum atomic E-state index is 13.1. The van der Waals surface area contributed by atoms with Crippen LogP contribution >= 0.6 is 11.8 Å². The fourth-order valence-electron chi connectivity index (χ4n) is 4.15. The summed E-state index contributed by atoms with van der Waals surface area (Å²) in [6, 6.07) is 40.1. The van der Waals surface area contributed by atoms with Crippen LogP contribution in [0.25, 0.3) is 33.5 Å². The minimum atomic E-state index is -0.00250. The Morgan fingerprint density at radius 3 is 1.95 bits per heavy atom. The van der Waals surface area contributed by atoms with E-state index in [2.05, 4.69) is 6.07 Å². The van der Waals surface area contributed by atoms with E-state index in [4.69, 9.17) is 4.98 Å². The standard InChI is InChI=1S/C33H24N2OS/c1-23-12-14-26(15-13-23)29-20-31(27-10-6-3-7-11-27)35-33(30(29)21-34)37-22-32(36)28-18-16-25(17-19-28)24-8-4-2-5-9-24/h2-20H,22H2,1H3. The molecule has 0 amide bonds. The first-order chi connectivity index (χ1) is 18.1. The molecule has 5 aromatic rings. The molecule has 0 atom stereocenters. The summed E-state index contributed by atoms with van der Waals surface area (Å²) in [5.41, 5.74) is 7.96. The molecule has 0 saturated carbocycles. The van der Waals surface area contributed by atoms with Crippen LogP contribution in [0.15, 0.2) is 120 Å². The molecule has 1 heterocycles. The van der Waals surface area contributed by atoms with Gasteiger partial charge in [-0.3, -0.25) is 4.79 Å². The molecule has 0 unspecified atom stereocenters. The summed E-state index contributed by atoms with van der Waals surface area (Å²) in [4.78, 5) is 17.9. The van der Waals surface area contributed by atoms with Crippen LogP contribution in [0.3, 0.4) is 0 Å². The Hall–Kier alpha value is -4.46. The number of hydrogen-bond donors (Lipinski definition) is 0. The molecule has 0 bridgehead atoms. The number of nitriles is 1. The molecular formula is C33H24N2OS. The second kappa shape index (κ2) is 11.1. The summed E-state index contributed by atoms with van der Waals surface area (Å²) in [6.45, 7) is 2.04. The SMILES string of the molecule is Cc1ccc(-c2cc(-c3ccccc3)nc(SCC(=O)c3ccc(-c4ccccc4)cc3)c2C#N)cc1. The number of ketones is 1. The smallest absolute Gasteiger partial charge is 0.173 e. The number of carbonyl (C=O) groups excluding carboxylic acids is 1. The third-order valence-corrected chi connectivity index (χ3v) is 7.16. The third-order valence-electron chi connectivity index (χ3n) is 6.18. The lowest BCUT2D eigenvalue weighted by molar-refractivity contribution is 0.102. The average Bonchev–Trinajstić information content (AvgIpc) is 2.97. The van der Waals surface area contributed by atoms with Gasteiger partial charge in [-0.05, 0) is 29.7 Å². The van der Waals surface area contributed by atoms with Gasteiger partial charge < -0.3 is 0 Å². The molecular weight excluding hydrogens is 472 g/mol. The molecule has 4 aromatic carbocycles. The number of Topliss-reactive ketones (excluding diaryl/α,β-unsaturated/α-hetero) is 1. The van der Waals surface area contributed by atoms with Crippen molar-refractivity contribution in [1.82, 2.24) is 4.98 Å². The van der Waals surface area contributed by atoms with Crippen LogP contribution in [0.5, 0.6) is 0 Å². The van der Waals surface area contributed by atoms with E-state index in [-0.39, 0.29) is 11.5 Å². The monoisotopic (exact) mass is 496 g/mol. The van der Waals surface area contributed by atoms with Crippen molar-refractivity contribution in [2.24, 2.45) is 0 Å². The zero-order chi connectivity index (χ0) is 25.6. The van der Waals surface area contributed by atoms with Gasteiger partial charge in [-0.1, -0.05) is 127 Å². The number of aromatic nitrogens is 1. The first kappa shape index (κ1) is 24.2. The minimum Gasteiger partial charge on any atom is -0.293 e. The highest BCUT2D eigenvalue weighted by atomic mass is 32.2. The van der Waals surface area contributed by atoms with Crippen molar-refractivity contribution in [3.63, 3.8) is 0 Å².